The highest BCUT2D eigenvalue weighted by Gasteiger charge is 2.14. The normalized spacial score (nSPS) is 12.3. The third kappa shape index (κ3) is 5.05. The molecular weight excluding hydrogens is 260 g/mol. The van der Waals surface area contributed by atoms with Gasteiger partial charge in [0.25, 0.3) is 5.69 Å². The number of aliphatic hydroxyl groups excluding tert-OH is 1. The lowest BCUT2D eigenvalue weighted by molar-refractivity contribution is -0.384. The molecule has 6 heteroatoms. The van der Waals surface area contributed by atoms with Crippen LogP contribution in [0.5, 0.6) is 5.75 Å². The second-order valence-corrected chi connectivity index (χ2v) is 5.17. The van der Waals surface area contributed by atoms with Gasteiger partial charge in [0.1, 0.15) is 5.75 Å². The number of nitro benzene ring substituents is 1. The molecule has 0 radical (unpaired) electrons. The predicted octanol–water partition coefficient (Wildman–Crippen LogP) is 2.59. The molecule has 1 aromatic carbocycles. The van der Waals surface area contributed by atoms with E-state index < -0.39 is 11.0 Å². The van der Waals surface area contributed by atoms with E-state index in [1.165, 1.54) is 12.1 Å². The van der Waals surface area contributed by atoms with Crippen LogP contribution >= 0.6 is 0 Å². The first-order chi connectivity index (χ1) is 9.29. The van der Waals surface area contributed by atoms with Crippen LogP contribution in [0, 0.1) is 10.1 Å². The summed E-state index contributed by atoms with van der Waals surface area (Å²) in [6.07, 6.45) is 0.148. The van der Waals surface area contributed by atoms with E-state index in [1.807, 2.05) is 25.8 Å². The molecule has 1 atom stereocenters. The van der Waals surface area contributed by atoms with Crippen molar-refractivity contribution in [2.45, 2.75) is 39.4 Å². The quantitative estimate of drug-likeness (QED) is 0.614. The van der Waals surface area contributed by atoms with E-state index in [0.717, 1.165) is 0 Å². The van der Waals surface area contributed by atoms with Crippen molar-refractivity contribution >= 4 is 11.4 Å². The highest BCUT2D eigenvalue weighted by Crippen LogP contribution is 2.28. The SMILES string of the molecule is CC(O)CCN(C)c1cc(OC(C)C)cc([N+](=O)[O-])c1. The maximum atomic E-state index is 11.0. The van der Waals surface area contributed by atoms with Gasteiger partial charge in [-0.1, -0.05) is 0 Å². The number of hydrogen-bond acceptors (Lipinski definition) is 5. The zero-order chi connectivity index (χ0) is 15.3. The summed E-state index contributed by atoms with van der Waals surface area (Å²) >= 11 is 0. The molecule has 1 N–H and O–H groups in total. The zero-order valence-corrected chi connectivity index (χ0v) is 12.4. The molecule has 0 heterocycles. The number of rotatable bonds is 7. The first kappa shape index (κ1) is 16.2. The maximum absolute atomic E-state index is 11.0. The van der Waals surface area contributed by atoms with Gasteiger partial charge in [-0.25, -0.2) is 0 Å². The van der Waals surface area contributed by atoms with E-state index in [9.17, 15) is 15.2 Å². The first-order valence-corrected chi connectivity index (χ1v) is 6.65. The maximum Gasteiger partial charge on any atom is 0.275 e. The molecular formula is C14H22N2O4. The van der Waals surface area contributed by atoms with Crippen molar-refractivity contribution < 1.29 is 14.8 Å². The molecule has 112 valence electrons. The molecule has 0 aliphatic heterocycles. The second kappa shape index (κ2) is 7.09. The van der Waals surface area contributed by atoms with Crippen molar-refractivity contribution in [2.75, 3.05) is 18.5 Å². The number of nitro groups is 1. The number of hydrogen-bond donors (Lipinski definition) is 1. The van der Waals surface area contributed by atoms with Gasteiger partial charge in [0.15, 0.2) is 0 Å². The minimum atomic E-state index is -0.431. The van der Waals surface area contributed by atoms with Crippen molar-refractivity contribution in [3.05, 3.63) is 28.3 Å². The Balaban J connectivity index is 2.98. The van der Waals surface area contributed by atoms with Crippen LogP contribution in [-0.2, 0) is 0 Å². The summed E-state index contributed by atoms with van der Waals surface area (Å²) in [7, 11) is 1.83. The summed E-state index contributed by atoms with van der Waals surface area (Å²) < 4.78 is 5.54. The molecule has 0 spiro atoms. The lowest BCUT2D eigenvalue weighted by Gasteiger charge is -2.21. The molecule has 6 nitrogen and oxygen atoms in total. The van der Waals surface area contributed by atoms with Gasteiger partial charge in [-0.3, -0.25) is 10.1 Å². The Morgan fingerprint density at radius 3 is 2.50 bits per heavy atom. The standard InChI is InChI=1S/C14H22N2O4/c1-10(2)20-14-8-12(7-13(9-14)16(18)19)15(4)6-5-11(3)17/h7-11,17H,5-6H2,1-4H3. The molecule has 0 amide bonds. The smallest absolute Gasteiger partial charge is 0.275 e. The van der Waals surface area contributed by atoms with Gasteiger partial charge in [0.05, 0.1) is 23.2 Å². The molecule has 0 saturated carbocycles. The highest BCUT2D eigenvalue weighted by molar-refractivity contribution is 5.57. The van der Waals surface area contributed by atoms with Crippen LogP contribution in [0.15, 0.2) is 18.2 Å². The fourth-order valence-corrected chi connectivity index (χ4v) is 1.74. The van der Waals surface area contributed by atoms with Crippen LogP contribution in [0.3, 0.4) is 0 Å². The molecule has 1 aromatic rings. The van der Waals surface area contributed by atoms with E-state index in [4.69, 9.17) is 4.74 Å². The van der Waals surface area contributed by atoms with E-state index in [-0.39, 0.29) is 11.8 Å². The number of aliphatic hydroxyl groups is 1. The summed E-state index contributed by atoms with van der Waals surface area (Å²) in [5.74, 6) is 0.480. The van der Waals surface area contributed by atoms with Gasteiger partial charge in [-0.05, 0) is 27.2 Å². The zero-order valence-electron chi connectivity index (χ0n) is 12.4. The molecule has 0 bridgehead atoms. The molecule has 0 saturated heterocycles. The number of anilines is 1. The van der Waals surface area contributed by atoms with Gasteiger partial charge < -0.3 is 14.7 Å². The third-order valence-corrected chi connectivity index (χ3v) is 2.78. The van der Waals surface area contributed by atoms with Crippen LogP contribution in [0.1, 0.15) is 27.2 Å². The van der Waals surface area contributed by atoms with Crippen molar-refractivity contribution in [3.63, 3.8) is 0 Å². The van der Waals surface area contributed by atoms with Crippen molar-refractivity contribution in [2.24, 2.45) is 0 Å². The topological polar surface area (TPSA) is 75.8 Å². The van der Waals surface area contributed by atoms with E-state index in [1.54, 1.807) is 13.0 Å². The number of nitrogens with zero attached hydrogens (tertiary/aromatic N) is 2. The fourth-order valence-electron chi connectivity index (χ4n) is 1.74. The third-order valence-electron chi connectivity index (χ3n) is 2.78. The Morgan fingerprint density at radius 2 is 2.00 bits per heavy atom. The van der Waals surface area contributed by atoms with Gasteiger partial charge in [0, 0.05) is 31.4 Å². The monoisotopic (exact) mass is 282 g/mol. The summed E-state index contributed by atoms with van der Waals surface area (Å²) in [6.45, 7) is 6.07. The van der Waals surface area contributed by atoms with Gasteiger partial charge >= 0.3 is 0 Å². The van der Waals surface area contributed by atoms with Crippen molar-refractivity contribution in [1.82, 2.24) is 0 Å². The van der Waals surface area contributed by atoms with Crippen LogP contribution in [0.2, 0.25) is 0 Å². The average molecular weight is 282 g/mol. The minimum Gasteiger partial charge on any atom is -0.491 e. The lowest BCUT2D eigenvalue weighted by atomic mass is 10.2. The summed E-state index contributed by atoms with van der Waals surface area (Å²) in [4.78, 5) is 12.4. The Kier molecular flexibility index (Phi) is 5.76. The van der Waals surface area contributed by atoms with Gasteiger partial charge in [-0.2, -0.15) is 0 Å². The number of benzene rings is 1. The van der Waals surface area contributed by atoms with Crippen LogP contribution < -0.4 is 9.64 Å². The van der Waals surface area contributed by atoms with Crippen molar-refractivity contribution in [3.8, 4) is 5.75 Å². The molecule has 0 aliphatic carbocycles. The fraction of sp³-hybridized carbons (Fsp3) is 0.571. The van der Waals surface area contributed by atoms with Crippen molar-refractivity contribution in [1.29, 1.82) is 0 Å². The molecule has 20 heavy (non-hydrogen) atoms. The largest absolute Gasteiger partial charge is 0.491 e. The second-order valence-electron chi connectivity index (χ2n) is 5.17. The van der Waals surface area contributed by atoms with Gasteiger partial charge in [-0.15, -0.1) is 0 Å². The molecule has 0 aliphatic rings. The Bertz CT molecular complexity index is 460. The number of non-ortho nitro benzene ring substituents is 1. The van der Waals surface area contributed by atoms with Crippen LogP contribution in [-0.4, -0.2) is 35.8 Å². The molecule has 1 rings (SSSR count). The van der Waals surface area contributed by atoms with Crippen LogP contribution in [0.4, 0.5) is 11.4 Å². The van der Waals surface area contributed by atoms with E-state index in [0.29, 0.717) is 24.4 Å². The highest BCUT2D eigenvalue weighted by atomic mass is 16.6. The average Bonchev–Trinajstić information content (AvgIpc) is 2.34. The summed E-state index contributed by atoms with van der Waals surface area (Å²) in [5.41, 5.74) is 0.706. The van der Waals surface area contributed by atoms with Gasteiger partial charge in [0.2, 0.25) is 0 Å². The first-order valence-electron chi connectivity index (χ1n) is 6.65. The number of ether oxygens (including phenoxy) is 1. The van der Waals surface area contributed by atoms with E-state index in [2.05, 4.69) is 0 Å². The molecule has 0 aromatic heterocycles. The van der Waals surface area contributed by atoms with Crippen LogP contribution in [0.25, 0.3) is 0 Å². The summed E-state index contributed by atoms with van der Waals surface area (Å²) in [6, 6.07) is 4.70. The predicted molar refractivity (Wildman–Crippen MR) is 78.4 cm³/mol. The summed E-state index contributed by atoms with van der Waals surface area (Å²) in [5, 5.41) is 20.3. The van der Waals surface area contributed by atoms with E-state index >= 15 is 0 Å². The Morgan fingerprint density at radius 1 is 1.35 bits per heavy atom. The Hall–Kier alpha value is -1.82. The molecule has 0 fully saturated rings. The Labute approximate surface area is 119 Å². The molecule has 1 unspecified atom stereocenters. The lowest BCUT2D eigenvalue weighted by Crippen LogP contribution is -2.22. The minimum absolute atomic E-state index is 0.00190.